The Morgan fingerprint density at radius 3 is 2.16 bits per heavy atom. The van der Waals surface area contributed by atoms with Crippen LogP contribution in [0.4, 0.5) is 5.69 Å². The molecule has 1 aliphatic carbocycles. The van der Waals surface area contributed by atoms with Crippen LogP contribution in [-0.4, -0.2) is 29.8 Å². The molecule has 228 valence electrons. The van der Waals surface area contributed by atoms with E-state index >= 15 is 0 Å². The topological polar surface area (TPSA) is 43.7 Å². The number of rotatable bonds is 16. The summed E-state index contributed by atoms with van der Waals surface area (Å²) in [6.07, 6.45) is 23.3. The molecule has 0 saturated carbocycles. The zero-order chi connectivity index (χ0) is 30.2. The maximum absolute atomic E-state index is 10.1. The van der Waals surface area contributed by atoms with Crippen molar-refractivity contribution in [1.29, 1.82) is 0 Å². The molecule has 3 heterocycles. The Morgan fingerprint density at radius 2 is 1.47 bits per heavy atom. The lowest BCUT2D eigenvalue weighted by molar-refractivity contribution is 0.427. The van der Waals surface area contributed by atoms with Crippen LogP contribution in [0.25, 0.3) is 15.3 Å². The van der Waals surface area contributed by atoms with Gasteiger partial charge in [0.2, 0.25) is 0 Å². The van der Waals surface area contributed by atoms with Gasteiger partial charge in [-0.3, -0.25) is 0 Å². The summed E-state index contributed by atoms with van der Waals surface area (Å²) in [4.78, 5) is 6.50. The summed E-state index contributed by atoms with van der Waals surface area (Å²) in [5.41, 5.74) is 8.17. The second kappa shape index (κ2) is 15.6. The van der Waals surface area contributed by atoms with Crippen molar-refractivity contribution >= 4 is 45.8 Å². The number of hydrogen-bond donors (Lipinski definition) is 2. The van der Waals surface area contributed by atoms with Crippen molar-refractivity contribution in [3.05, 3.63) is 87.8 Å². The molecule has 43 heavy (non-hydrogen) atoms. The highest BCUT2D eigenvalue weighted by molar-refractivity contribution is 7.28. The smallest absolute Gasteiger partial charge is 0.423 e. The maximum atomic E-state index is 10.1. The molecule has 2 N–H and O–H groups in total. The van der Waals surface area contributed by atoms with Gasteiger partial charge in [0.1, 0.15) is 0 Å². The van der Waals surface area contributed by atoms with Crippen molar-refractivity contribution in [1.82, 2.24) is 0 Å². The largest absolute Gasteiger partial charge is 0.499 e. The highest BCUT2D eigenvalue weighted by Gasteiger charge is 2.33. The van der Waals surface area contributed by atoms with Crippen molar-refractivity contribution < 1.29 is 10.0 Å². The van der Waals surface area contributed by atoms with Gasteiger partial charge in [0.25, 0.3) is 0 Å². The van der Waals surface area contributed by atoms with Crippen molar-refractivity contribution in [3.63, 3.8) is 0 Å². The third-order valence-corrected chi connectivity index (χ3v) is 11.4. The summed E-state index contributed by atoms with van der Waals surface area (Å²) in [6.45, 7) is 7.85. The van der Waals surface area contributed by atoms with E-state index in [-0.39, 0.29) is 6.04 Å². The standard InChI is InChI=1S/C37H48BNO2S2/c1-4-7-10-12-18-27-25-33(36-28(19-13-11-8-5-2)26-34(43-36)38(40)41)42-37(27)35-29-20-14-16-22-31(29)39(24-9-6-3)32-23-17-15-21-30(32)35/h14-17,20-23,25-26,31,40-41H,4-13,18-19,24H2,1-3H3. The van der Waals surface area contributed by atoms with Crippen LogP contribution in [0, 0.1) is 0 Å². The first-order valence-electron chi connectivity index (χ1n) is 16.6. The van der Waals surface area contributed by atoms with Crippen LogP contribution in [-0.2, 0) is 12.8 Å². The van der Waals surface area contributed by atoms with Crippen LogP contribution in [0.1, 0.15) is 107 Å². The van der Waals surface area contributed by atoms with Crippen molar-refractivity contribution in [3.8, 4) is 9.75 Å². The number of anilines is 1. The summed E-state index contributed by atoms with van der Waals surface area (Å²) in [5.74, 6) is 0. The summed E-state index contributed by atoms with van der Waals surface area (Å²) in [6, 6.07) is 13.7. The van der Waals surface area contributed by atoms with E-state index in [0.717, 1.165) is 25.8 Å². The van der Waals surface area contributed by atoms with Gasteiger partial charge in [-0.25, -0.2) is 0 Å². The zero-order valence-corrected chi connectivity index (χ0v) is 27.9. The minimum atomic E-state index is -1.43. The molecule has 6 heteroatoms. The zero-order valence-electron chi connectivity index (χ0n) is 26.3. The number of unbranched alkanes of at least 4 members (excludes halogenated alkanes) is 7. The maximum Gasteiger partial charge on any atom is 0.499 e. The van der Waals surface area contributed by atoms with E-state index in [2.05, 4.69) is 80.3 Å². The first-order chi connectivity index (χ1) is 21.1. The normalized spacial score (nSPS) is 15.7. The van der Waals surface area contributed by atoms with Gasteiger partial charge < -0.3 is 14.9 Å². The molecule has 0 saturated heterocycles. The molecular weight excluding hydrogens is 565 g/mol. The van der Waals surface area contributed by atoms with Gasteiger partial charge >= 0.3 is 7.12 Å². The molecule has 0 amide bonds. The number of hydrogen-bond acceptors (Lipinski definition) is 5. The highest BCUT2D eigenvalue weighted by Crippen LogP contribution is 2.49. The van der Waals surface area contributed by atoms with Crippen LogP contribution in [0.3, 0.4) is 0 Å². The predicted molar refractivity (Wildman–Crippen MR) is 190 cm³/mol. The average molecular weight is 614 g/mol. The molecule has 3 nitrogen and oxygen atoms in total. The first-order valence-corrected chi connectivity index (χ1v) is 18.3. The third kappa shape index (κ3) is 7.31. The third-order valence-electron chi connectivity index (χ3n) is 8.80. The van der Waals surface area contributed by atoms with E-state index in [1.165, 1.54) is 106 Å². The number of aryl methyl sites for hydroxylation is 2. The SMILES string of the molecule is CCCCCCc1cc(-c2sc(B(O)O)cc2CCCCCC)sc1C1=C2C=CC=CC2N(CCCC)c2ccccc21. The molecule has 5 rings (SSSR count). The summed E-state index contributed by atoms with van der Waals surface area (Å²) >= 11 is 3.48. The number of benzene rings is 1. The lowest BCUT2D eigenvalue weighted by atomic mass is 9.83. The Balaban J connectivity index is 1.63. The summed E-state index contributed by atoms with van der Waals surface area (Å²) < 4.78 is 0.650. The van der Waals surface area contributed by atoms with E-state index in [4.69, 9.17) is 0 Å². The van der Waals surface area contributed by atoms with Gasteiger partial charge in [0, 0.05) is 42.8 Å². The van der Waals surface area contributed by atoms with Crippen molar-refractivity contribution in [2.24, 2.45) is 0 Å². The Labute approximate surface area is 267 Å². The second-order valence-electron chi connectivity index (χ2n) is 12.0. The molecule has 1 aromatic carbocycles. The summed E-state index contributed by atoms with van der Waals surface area (Å²) in [7, 11) is -1.43. The minimum absolute atomic E-state index is 0.243. The van der Waals surface area contributed by atoms with Crippen LogP contribution in [0.15, 0.2) is 66.3 Å². The molecule has 1 atom stereocenters. The molecule has 1 aliphatic heterocycles. The van der Waals surface area contributed by atoms with Gasteiger partial charge in [-0.15, -0.1) is 22.7 Å². The van der Waals surface area contributed by atoms with Gasteiger partial charge in [-0.2, -0.15) is 0 Å². The fourth-order valence-corrected chi connectivity index (χ4v) is 9.02. The minimum Gasteiger partial charge on any atom is -0.423 e. The van der Waals surface area contributed by atoms with Crippen LogP contribution >= 0.6 is 22.7 Å². The Morgan fingerprint density at radius 1 is 0.767 bits per heavy atom. The number of fused-ring (bicyclic) bond motifs is 2. The Hall–Kier alpha value is -2.38. The Kier molecular flexibility index (Phi) is 11.6. The summed E-state index contributed by atoms with van der Waals surface area (Å²) in [5, 5.41) is 20.2. The predicted octanol–water partition coefficient (Wildman–Crippen LogP) is 9.32. The van der Waals surface area contributed by atoms with Crippen molar-refractivity contribution in [2.75, 3.05) is 11.4 Å². The fraction of sp³-hybridized carbons (Fsp3) is 0.459. The van der Waals surface area contributed by atoms with Gasteiger partial charge in [-0.05, 0) is 67.0 Å². The monoisotopic (exact) mass is 613 g/mol. The van der Waals surface area contributed by atoms with E-state index < -0.39 is 7.12 Å². The van der Waals surface area contributed by atoms with E-state index in [1.807, 2.05) is 17.4 Å². The van der Waals surface area contributed by atoms with Crippen molar-refractivity contribution in [2.45, 2.75) is 104 Å². The lowest BCUT2D eigenvalue weighted by Crippen LogP contribution is -2.40. The van der Waals surface area contributed by atoms with E-state index in [0.29, 0.717) is 4.78 Å². The van der Waals surface area contributed by atoms with Gasteiger partial charge in [0.05, 0.1) is 6.04 Å². The second-order valence-corrected chi connectivity index (χ2v) is 14.2. The Bertz CT molecular complexity index is 1450. The van der Waals surface area contributed by atoms with Gasteiger partial charge in [0.15, 0.2) is 0 Å². The molecule has 1 unspecified atom stereocenters. The molecule has 0 bridgehead atoms. The lowest BCUT2D eigenvalue weighted by Gasteiger charge is -2.40. The molecule has 2 aliphatic rings. The molecule has 0 fully saturated rings. The fourth-order valence-electron chi connectivity index (χ4n) is 6.51. The number of nitrogens with zero attached hydrogens (tertiary/aromatic N) is 1. The highest BCUT2D eigenvalue weighted by atomic mass is 32.1. The number of allylic oxidation sites excluding steroid dienone is 2. The van der Waals surface area contributed by atoms with Gasteiger partial charge in [-0.1, -0.05) is 108 Å². The van der Waals surface area contributed by atoms with E-state index in [1.54, 1.807) is 11.3 Å². The molecule has 0 spiro atoms. The van der Waals surface area contributed by atoms with Crippen LogP contribution < -0.4 is 9.68 Å². The number of thiophene rings is 2. The molecule has 0 radical (unpaired) electrons. The quantitative estimate of drug-likeness (QED) is 0.125. The molecule has 3 aromatic rings. The first kappa shape index (κ1) is 32.0. The molecular formula is C37H48BNO2S2. The van der Waals surface area contributed by atoms with E-state index in [9.17, 15) is 10.0 Å². The van der Waals surface area contributed by atoms with Crippen LogP contribution in [0.5, 0.6) is 0 Å². The number of para-hydroxylation sites is 1. The average Bonchev–Trinajstić information content (AvgIpc) is 3.64. The molecule has 2 aromatic heterocycles. The van der Waals surface area contributed by atoms with Crippen LogP contribution in [0.2, 0.25) is 0 Å².